The predicted octanol–water partition coefficient (Wildman–Crippen LogP) is 5.38. The van der Waals surface area contributed by atoms with Crippen molar-refractivity contribution in [1.82, 2.24) is 0 Å². The van der Waals surface area contributed by atoms with Crippen LogP contribution in [0.15, 0.2) is 48.6 Å². The number of carbonyl (C=O) groups is 1. The Morgan fingerprint density at radius 2 is 1.33 bits per heavy atom. The van der Waals surface area contributed by atoms with Crippen molar-refractivity contribution < 1.29 is 19.7 Å². The maximum atomic E-state index is 11.4. The number of hydrogen-bond acceptors (Lipinski definition) is 4. The number of aliphatic hydroxyl groups is 2. The fourth-order valence-corrected chi connectivity index (χ4v) is 2.28. The monoisotopic (exact) mass is 378 g/mol. The number of rotatable bonds is 17. The van der Waals surface area contributed by atoms with E-state index in [0.717, 1.165) is 32.1 Å². The van der Waals surface area contributed by atoms with E-state index < -0.39 is 6.29 Å². The van der Waals surface area contributed by atoms with Gasteiger partial charge in [-0.15, -0.1) is 0 Å². The van der Waals surface area contributed by atoms with Crippen LogP contribution in [0.4, 0.5) is 0 Å². The van der Waals surface area contributed by atoms with Gasteiger partial charge in [0.1, 0.15) is 0 Å². The summed E-state index contributed by atoms with van der Waals surface area (Å²) < 4.78 is 4.88. The molecule has 0 aromatic rings. The number of unbranched alkanes of at least 4 members (excludes halogenated alkanes) is 4. The van der Waals surface area contributed by atoms with Gasteiger partial charge in [0.05, 0.1) is 6.61 Å². The Kier molecular flexibility index (Phi) is 19.4. The van der Waals surface area contributed by atoms with E-state index in [2.05, 4.69) is 55.5 Å². The standard InChI is InChI=1S/C23H38O4/c1-2-3-4-5-6-7-8-9-10-11-12-13-14-15-16-17-18-19-23(26)27-21-20-22(24)25/h6-7,9-10,12-13,15-16,22,24-25H,2-5,8,11,14,17-21H2,1H3. The second kappa shape index (κ2) is 20.7. The highest BCUT2D eigenvalue weighted by atomic mass is 16.5. The Balaban J connectivity index is 3.47. The first kappa shape index (κ1) is 25.4. The van der Waals surface area contributed by atoms with Crippen molar-refractivity contribution in [2.24, 2.45) is 0 Å². The summed E-state index contributed by atoms with van der Waals surface area (Å²) in [4.78, 5) is 11.4. The van der Waals surface area contributed by atoms with Crippen LogP contribution in [0.2, 0.25) is 0 Å². The maximum absolute atomic E-state index is 11.4. The van der Waals surface area contributed by atoms with Crippen molar-refractivity contribution in [1.29, 1.82) is 0 Å². The van der Waals surface area contributed by atoms with Gasteiger partial charge in [0.25, 0.3) is 0 Å². The van der Waals surface area contributed by atoms with E-state index in [0.29, 0.717) is 6.42 Å². The molecular weight excluding hydrogens is 340 g/mol. The number of allylic oxidation sites excluding steroid dienone is 8. The van der Waals surface area contributed by atoms with Gasteiger partial charge in [0.2, 0.25) is 0 Å². The molecule has 0 aromatic heterocycles. The molecule has 0 bridgehead atoms. The fraction of sp³-hybridized carbons (Fsp3) is 0.609. The number of aliphatic hydroxyl groups excluding tert-OH is 1. The highest BCUT2D eigenvalue weighted by Gasteiger charge is 2.03. The third-order valence-electron chi connectivity index (χ3n) is 3.85. The van der Waals surface area contributed by atoms with Crippen molar-refractivity contribution in [3.05, 3.63) is 48.6 Å². The van der Waals surface area contributed by atoms with Crippen LogP contribution in [-0.4, -0.2) is 29.1 Å². The second-order valence-electron chi connectivity index (χ2n) is 6.47. The quantitative estimate of drug-likeness (QED) is 0.154. The molecule has 0 rings (SSSR count). The maximum Gasteiger partial charge on any atom is 0.305 e. The highest BCUT2D eigenvalue weighted by Crippen LogP contribution is 2.02. The largest absolute Gasteiger partial charge is 0.465 e. The second-order valence-corrected chi connectivity index (χ2v) is 6.47. The molecule has 2 N–H and O–H groups in total. The van der Waals surface area contributed by atoms with Crippen LogP contribution >= 0.6 is 0 Å². The smallest absolute Gasteiger partial charge is 0.305 e. The summed E-state index contributed by atoms with van der Waals surface area (Å²) in [6, 6.07) is 0. The molecule has 0 aliphatic rings. The lowest BCUT2D eigenvalue weighted by Gasteiger charge is -2.05. The van der Waals surface area contributed by atoms with E-state index in [1.807, 2.05) is 0 Å². The summed E-state index contributed by atoms with van der Waals surface area (Å²) in [6.07, 6.45) is 26.0. The zero-order valence-electron chi connectivity index (χ0n) is 16.9. The fourth-order valence-electron chi connectivity index (χ4n) is 2.28. The van der Waals surface area contributed by atoms with Gasteiger partial charge in [-0.1, -0.05) is 68.4 Å². The Labute approximate surface area is 165 Å². The van der Waals surface area contributed by atoms with Gasteiger partial charge in [-0.05, 0) is 44.9 Å². The highest BCUT2D eigenvalue weighted by molar-refractivity contribution is 5.69. The summed E-state index contributed by atoms with van der Waals surface area (Å²) >= 11 is 0. The van der Waals surface area contributed by atoms with Gasteiger partial charge in [-0.2, -0.15) is 0 Å². The summed E-state index contributed by atoms with van der Waals surface area (Å²) in [5.41, 5.74) is 0. The van der Waals surface area contributed by atoms with Gasteiger partial charge in [0.15, 0.2) is 6.29 Å². The third kappa shape index (κ3) is 22.3. The molecule has 0 amide bonds. The molecule has 0 saturated heterocycles. The van der Waals surface area contributed by atoms with Crippen LogP contribution < -0.4 is 0 Å². The van der Waals surface area contributed by atoms with Crippen LogP contribution in [0.1, 0.15) is 77.6 Å². The van der Waals surface area contributed by atoms with Crippen LogP contribution in [0.3, 0.4) is 0 Å². The first-order valence-corrected chi connectivity index (χ1v) is 10.3. The lowest BCUT2D eigenvalue weighted by Crippen LogP contribution is -2.12. The van der Waals surface area contributed by atoms with Crippen molar-refractivity contribution in [3.63, 3.8) is 0 Å². The van der Waals surface area contributed by atoms with Gasteiger partial charge < -0.3 is 14.9 Å². The first-order valence-electron chi connectivity index (χ1n) is 10.3. The molecule has 0 heterocycles. The van der Waals surface area contributed by atoms with Crippen molar-refractivity contribution in [3.8, 4) is 0 Å². The van der Waals surface area contributed by atoms with E-state index in [-0.39, 0.29) is 19.0 Å². The van der Waals surface area contributed by atoms with Gasteiger partial charge in [0, 0.05) is 12.8 Å². The molecule has 0 spiro atoms. The molecule has 0 radical (unpaired) electrons. The Bertz CT molecular complexity index is 447. The summed E-state index contributed by atoms with van der Waals surface area (Å²) in [6.45, 7) is 2.28. The molecule has 0 unspecified atom stereocenters. The summed E-state index contributed by atoms with van der Waals surface area (Å²) in [7, 11) is 0. The number of ether oxygens (including phenoxy) is 1. The van der Waals surface area contributed by atoms with Gasteiger partial charge >= 0.3 is 5.97 Å². The minimum atomic E-state index is -1.42. The van der Waals surface area contributed by atoms with Crippen LogP contribution in [0.5, 0.6) is 0 Å². The molecule has 27 heavy (non-hydrogen) atoms. The average molecular weight is 379 g/mol. The Morgan fingerprint density at radius 3 is 1.85 bits per heavy atom. The molecular formula is C23H38O4. The third-order valence-corrected chi connectivity index (χ3v) is 3.85. The van der Waals surface area contributed by atoms with E-state index in [4.69, 9.17) is 14.9 Å². The number of hydrogen-bond donors (Lipinski definition) is 2. The van der Waals surface area contributed by atoms with Crippen molar-refractivity contribution in [2.45, 2.75) is 83.8 Å². The van der Waals surface area contributed by atoms with Gasteiger partial charge in [-0.3, -0.25) is 4.79 Å². The van der Waals surface area contributed by atoms with E-state index >= 15 is 0 Å². The number of carbonyl (C=O) groups excluding carboxylic acids is 1. The van der Waals surface area contributed by atoms with Crippen molar-refractivity contribution in [2.75, 3.05) is 6.61 Å². The molecule has 0 aliphatic carbocycles. The molecule has 154 valence electrons. The number of esters is 1. The van der Waals surface area contributed by atoms with Crippen LogP contribution in [0.25, 0.3) is 0 Å². The molecule has 0 atom stereocenters. The topological polar surface area (TPSA) is 66.8 Å². The zero-order chi connectivity index (χ0) is 20.0. The molecule has 0 saturated carbocycles. The van der Waals surface area contributed by atoms with Crippen LogP contribution in [0, 0.1) is 0 Å². The van der Waals surface area contributed by atoms with E-state index in [9.17, 15) is 4.79 Å². The minimum Gasteiger partial charge on any atom is -0.465 e. The molecule has 4 nitrogen and oxygen atoms in total. The molecule has 0 aromatic carbocycles. The van der Waals surface area contributed by atoms with E-state index in [1.54, 1.807) is 0 Å². The minimum absolute atomic E-state index is 0.0564. The normalized spacial score (nSPS) is 12.4. The summed E-state index contributed by atoms with van der Waals surface area (Å²) in [5, 5.41) is 17.3. The average Bonchev–Trinajstić information content (AvgIpc) is 2.64. The first-order chi connectivity index (χ1) is 13.2. The van der Waals surface area contributed by atoms with E-state index in [1.165, 1.54) is 25.7 Å². The lowest BCUT2D eigenvalue weighted by molar-refractivity contribution is -0.146. The molecule has 4 heteroatoms. The zero-order valence-corrected chi connectivity index (χ0v) is 16.9. The summed E-state index contributed by atoms with van der Waals surface area (Å²) in [5.74, 6) is -0.286. The Hall–Kier alpha value is -1.65. The molecule has 0 aliphatic heterocycles. The van der Waals surface area contributed by atoms with Crippen LogP contribution in [-0.2, 0) is 9.53 Å². The Morgan fingerprint density at radius 1 is 0.815 bits per heavy atom. The SMILES string of the molecule is CCCCCC=CCC=CCC=CCC=CCCCC(=O)OCCC(O)O. The van der Waals surface area contributed by atoms with Gasteiger partial charge in [-0.25, -0.2) is 0 Å². The lowest BCUT2D eigenvalue weighted by atomic mass is 10.2. The predicted molar refractivity (Wildman–Crippen MR) is 112 cm³/mol. The molecule has 0 fully saturated rings. The van der Waals surface area contributed by atoms with Crippen molar-refractivity contribution >= 4 is 5.97 Å².